The van der Waals surface area contributed by atoms with Gasteiger partial charge in [0.25, 0.3) is 0 Å². The molecule has 2 aromatic carbocycles. The van der Waals surface area contributed by atoms with Crippen LogP contribution >= 0.6 is 0 Å². The molecule has 0 aliphatic heterocycles. The highest BCUT2D eigenvalue weighted by Crippen LogP contribution is 2.25. The SMILES string of the molecule is CCCCCCCCCCCCCCN(c1ccccc1)N(CCCCCCCCCCCCCC)c1ccccc1. The molecule has 238 valence electrons. The van der Waals surface area contributed by atoms with E-state index in [9.17, 15) is 0 Å². The molecule has 42 heavy (non-hydrogen) atoms. The summed E-state index contributed by atoms with van der Waals surface area (Å²) in [5.74, 6) is 0. The molecular weight excluding hydrogens is 508 g/mol. The number of hydrogen-bond acceptors (Lipinski definition) is 2. The number of anilines is 2. The van der Waals surface area contributed by atoms with Crippen molar-refractivity contribution in [3.63, 3.8) is 0 Å². The van der Waals surface area contributed by atoms with Gasteiger partial charge in [0.15, 0.2) is 0 Å². The van der Waals surface area contributed by atoms with Crippen LogP contribution in [0, 0.1) is 0 Å². The van der Waals surface area contributed by atoms with Gasteiger partial charge in [0.05, 0.1) is 11.4 Å². The van der Waals surface area contributed by atoms with Crippen molar-refractivity contribution in [1.82, 2.24) is 0 Å². The third kappa shape index (κ3) is 17.9. The maximum absolute atomic E-state index is 2.57. The molecule has 2 rings (SSSR count). The Morgan fingerprint density at radius 1 is 0.310 bits per heavy atom. The summed E-state index contributed by atoms with van der Waals surface area (Å²) in [6, 6.07) is 22.2. The van der Waals surface area contributed by atoms with Crippen LogP contribution in [-0.4, -0.2) is 13.1 Å². The molecule has 2 nitrogen and oxygen atoms in total. The summed E-state index contributed by atoms with van der Waals surface area (Å²) in [6.45, 7) is 6.79. The molecule has 0 bridgehead atoms. The van der Waals surface area contributed by atoms with Crippen molar-refractivity contribution < 1.29 is 0 Å². The van der Waals surface area contributed by atoms with Gasteiger partial charge in [-0.05, 0) is 37.1 Å². The highest BCUT2D eigenvalue weighted by molar-refractivity contribution is 5.57. The summed E-state index contributed by atoms with van der Waals surface area (Å²) in [5.41, 5.74) is 2.65. The van der Waals surface area contributed by atoms with Gasteiger partial charge in [-0.2, -0.15) is 0 Å². The number of hydrogen-bond donors (Lipinski definition) is 0. The third-order valence-electron chi connectivity index (χ3n) is 8.85. The quantitative estimate of drug-likeness (QED) is 0.0702. The molecule has 0 atom stereocenters. The van der Waals surface area contributed by atoms with Gasteiger partial charge in [-0.1, -0.05) is 192 Å². The average Bonchev–Trinajstić information content (AvgIpc) is 3.03. The zero-order valence-electron chi connectivity index (χ0n) is 28.1. The Morgan fingerprint density at radius 3 is 0.810 bits per heavy atom. The highest BCUT2D eigenvalue weighted by Gasteiger charge is 2.16. The van der Waals surface area contributed by atoms with E-state index in [2.05, 4.69) is 84.5 Å². The Labute approximate surface area is 262 Å². The Balaban J connectivity index is 1.75. The first-order valence-electron chi connectivity index (χ1n) is 18.5. The minimum absolute atomic E-state index is 1.09. The van der Waals surface area contributed by atoms with Crippen LogP contribution in [0.3, 0.4) is 0 Å². The Morgan fingerprint density at radius 2 is 0.548 bits per heavy atom. The lowest BCUT2D eigenvalue weighted by Crippen LogP contribution is -2.44. The standard InChI is InChI=1S/C40H68N2/c1-3-5-7-9-11-13-15-17-19-21-23-31-37-41(39-33-27-25-28-34-39)42(40-35-29-26-30-36-40)38-32-24-22-20-18-16-14-12-10-8-6-4-2/h25-30,33-36H,3-24,31-32,37-38H2,1-2H3. The van der Waals surface area contributed by atoms with E-state index in [1.165, 1.54) is 165 Å². The van der Waals surface area contributed by atoms with Crippen molar-refractivity contribution in [1.29, 1.82) is 0 Å². The summed E-state index contributed by atoms with van der Waals surface area (Å²) in [7, 11) is 0. The molecule has 0 aliphatic carbocycles. The van der Waals surface area contributed by atoms with E-state index < -0.39 is 0 Å². The van der Waals surface area contributed by atoms with Gasteiger partial charge in [0.1, 0.15) is 0 Å². The molecule has 0 saturated heterocycles. The largest absolute Gasteiger partial charge is 0.285 e. The van der Waals surface area contributed by atoms with Crippen LogP contribution in [0.25, 0.3) is 0 Å². The molecule has 2 aromatic rings. The fourth-order valence-corrected chi connectivity index (χ4v) is 6.18. The van der Waals surface area contributed by atoms with Crippen LogP contribution in [0.4, 0.5) is 11.4 Å². The van der Waals surface area contributed by atoms with Crippen LogP contribution < -0.4 is 10.0 Å². The van der Waals surface area contributed by atoms with Gasteiger partial charge in [0.2, 0.25) is 0 Å². The lowest BCUT2D eigenvalue weighted by molar-refractivity contribution is 0.533. The van der Waals surface area contributed by atoms with Gasteiger partial charge in [-0.25, -0.2) is 0 Å². The number of hydrazine groups is 1. The predicted molar refractivity (Wildman–Crippen MR) is 190 cm³/mol. The molecule has 0 aliphatic rings. The van der Waals surface area contributed by atoms with Crippen LogP contribution in [0.2, 0.25) is 0 Å². The minimum atomic E-state index is 1.09. The molecule has 0 unspecified atom stereocenters. The van der Waals surface area contributed by atoms with Crippen molar-refractivity contribution in [3.8, 4) is 0 Å². The molecule has 0 saturated carbocycles. The van der Waals surface area contributed by atoms with E-state index >= 15 is 0 Å². The first-order chi connectivity index (χ1) is 20.9. The number of rotatable bonds is 29. The summed E-state index contributed by atoms with van der Waals surface area (Å²) in [4.78, 5) is 0. The van der Waals surface area contributed by atoms with E-state index in [0.717, 1.165) is 13.1 Å². The zero-order chi connectivity index (χ0) is 29.8. The monoisotopic (exact) mass is 577 g/mol. The maximum atomic E-state index is 2.57. The van der Waals surface area contributed by atoms with E-state index in [4.69, 9.17) is 0 Å². The van der Waals surface area contributed by atoms with Crippen LogP contribution in [0.15, 0.2) is 60.7 Å². The molecule has 2 heteroatoms. The molecular formula is C40H68N2. The van der Waals surface area contributed by atoms with Crippen LogP contribution in [0.1, 0.15) is 168 Å². The van der Waals surface area contributed by atoms with E-state index in [1.54, 1.807) is 0 Å². The zero-order valence-corrected chi connectivity index (χ0v) is 28.1. The summed E-state index contributed by atoms with van der Waals surface area (Å²) >= 11 is 0. The summed E-state index contributed by atoms with van der Waals surface area (Å²) in [5, 5.41) is 5.15. The van der Waals surface area contributed by atoms with Crippen molar-refractivity contribution in [2.24, 2.45) is 0 Å². The predicted octanol–water partition coefficient (Wildman–Crippen LogP) is 13.3. The Bertz CT molecular complexity index is 735. The van der Waals surface area contributed by atoms with Crippen molar-refractivity contribution in [2.45, 2.75) is 168 Å². The normalized spacial score (nSPS) is 11.2. The number of unbranched alkanes of at least 4 members (excludes halogenated alkanes) is 22. The van der Waals surface area contributed by atoms with Crippen molar-refractivity contribution >= 4 is 11.4 Å². The number of nitrogens with zero attached hydrogens (tertiary/aromatic N) is 2. The van der Waals surface area contributed by atoms with E-state index in [-0.39, 0.29) is 0 Å². The summed E-state index contributed by atoms with van der Waals surface area (Å²) in [6.07, 6.45) is 33.5. The van der Waals surface area contributed by atoms with E-state index in [0.29, 0.717) is 0 Å². The van der Waals surface area contributed by atoms with Gasteiger partial charge in [0, 0.05) is 13.1 Å². The van der Waals surface area contributed by atoms with Gasteiger partial charge in [-0.15, -0.1) is 0 Å². The second-order valence-electron chi connectivity index (χ2n) is 12.7. The van der Waals surface area contributed by atoms with Gasteiger partial charge < -0.3 is 0 Å². The smallest absolute Gasteiger partial charge is 0.0574 e. The molecule has 0 aromatic heterocycles. The third-order valence-corrected chi connectivity index (χ3v) is 8.85. The fourth-order valence-electron chi connectivity index (χ4n) is 6.18. The summed E-state index contributed by atoms with van der Waals surface area (Å²) < 4.78 is 0. The average molecular weight is 577 g/mol. The molecule has 0 fully saturated rings. The topological polar surface area (TPSA) is 6.48 Å². The molecule has 0 heterocycles. The number of benzene rings is 2. The minimum Gasteiger partial charge on any atom is -0.285 e. The van der Waals surface area contributed by atoms with Gasteiger partial charge >= 0.3 is 0 Å². The second kappa shape index (κ2) is 26.7. The van der Waals surface area contributed by atoms with E-state index in [1.807, 2.05) is 0 Å². The molecule has 0 radical (unpaired) electrons. The lowest BCUT2D eigenvalue weighted by Gasteiger charge is -2.39. The first kappa shape index (κ1) is 36.2. The first-order valence-corrected chi connectivity index (χ1v) is 18.5. The number of para-hydroxylation sites is 2. The molecule has 0 spiro atoms. The Kier molecular flexibility index (Phi) is 23.0. The van der Waals surface area contributed by atoms with Gasteiger partial charge in [-0.3, -0.25) is 10.0 Å². The fraction of sp³-hybridized carbons (Fsp3) is 0.700. The second-order valence-corrected chi connectivity index (χ2v) is 12.7. The lowest BCUT2D eigenvalue weighted by atomic mass is 10.1. The van der Waals surface area contributed by atoms with Crippen molar-refractivity contribution in [2.75, 3.05) is 23.1 Å². The molecule has 0 N–H and O–H groups in total. The molecule has 0 amide bonds. The van der Waals surface area contributed by atoms with Crippen molar-refractivity contribution in [3.05, 3.63) is 60.7 Å². The highest BCUT2D eigenvalue weighted by atomic mass is 15.6. The van der Waals surface area contributed by atoms with Crippen LogP contribution in [-0.2, 0) is 0 Å². The maximum Gasteiger partial charge on any atom is 0.0574 e. The van der Waals surface area contributed by atoms with Crippen LogP contribution in [0.5, 0.6) is 0 Å². The Hall–Kier alpha value is -1.96.